The van der Waals surface area contributed by atoms with Gasteiger partial charge in [-0.25, -0.2) is 13.1 Å². The van der Waals surface area contributed by atoms with E-state index in [0.717, 1.165) is 12.8 Å². The van der Waals surface area contributed by atoms with Crippen molar-refractivity contribution in [1.29, 1.82) is 0 Å². The van der Waals surface area contributed by atoms with E-state index in [1.807, 2.05) is 0 Å². The molecule has 106 valence electrons. The van der Waals surface area contributed by atoms with Crippen LogP contribution in [0.2, 0.25) is 0 Å². The van der Waals surface area contributed by atoms with Gasteiger partial charge in [0.1, 0.15) is 0 Å². The van der Waals surface area contributed by atoms with Crippen molar-refractivity contribution in [2.45, 2.75) is 23.8 Å². The first-order valence-corrected chi connectivity index (χ1v) is 7.68. The van der Waals surface area contributed by atoms with Crippen LogP contribution >= 0.6 is 0 Å². The second-order valence-corrected chi connectivity index (χ2v) is 6.37. The Morgan fingerprint density at radius 2 is 2.00 bits per heavy atom. The monoisotopic (exact) mass is 285 g/mol. The molecule has 2 rings (SSSR count). The fourth-order valence-electron chi connectivity index (χ4n) is 2.01. The minimum absolute atomic E-state index is 0.207. The highest BCUT2D eigenvalue weighted by Crippen LogP contribution is 2.25. The lowest BCUT2D eigenvalue weighted by atomic mass is 10.1. The molecule has 0 bridgehead atoms. The summed E-state index contributed by atoms with van der Waals surface area (Å²) in [5.74, 6) is 0. The van der Waals surface area contributed by atoms with E-state index in [9.17, 15) is 8.42 Å². The topological polar surface area (TPSA) is 93.5 Å². The number of rotatable bonds is 4. The van der Waals surface area contributed by atoms with Crippen LogP contribution in [-0.2, 0) is 14.8 Å². The second-order valence-electron chi connectivity index (χ2n) is 4.49. The van der Waals surface area contributed by atoms with Gasteiger partial charge in [-0.15, -0.1) is 0 Å². The molecule has 1 saturated heterocycles. The van der Waals surface area contributed by atoms with Gasteiger partial charge in [-0.3, -0.25) is 0 Å². The van der Waals surface area contributed by atoms with Crippen LogP contribution in [0.4, 0.5) is 11.4 Å². The molecule has 1 aromatic carbocycles. The number of nitrogen functional groups attached to an aromatic ring is 1. The van der Waals surface area contributed by atoms with Gasteiger partial charge in [-0.05, 0) is 38.1 Å². The summed E-state index contributed by atoms with van der Waals surface area (Å²) in [4.78, 5) is 0.207. The van der Waals surface area contributed by atoms with E-state index in [2.05, 4.69) is 10.0 Å². The molecule has 1 aromatic rings. The van der Waals surface area contributed by atoms with Crippen LogP contribution < -0.4 is 15.8 Å². The molecule has 0 radical (unpaired) electrons. The molecule has 0 atom stereocenters. The molecule has 0 aromatic heterocycles. The molecule has 0 unspecified atom stereocenters. The third-order valence-electron chi connectivity index (χ3n) is 3.18. The lowest BCUT2D eigenvalue weighted by Crippen LogP contribution is -2.28. The summed E-state index contributed by atoms with van der Waals surface area (Å²) >= 11 is 0. The largest absolute Gasteiger partial charge is 0.397 e. The molecular formula is C12H19N3O3S. The fraction of sp³-hybridized carbons (Fsp3) is 0.500. The predicted molar refractivity (Wildman–Crippen MR) is 74.6 cm³/mol. The maximum absolute atomic E-state index is 11.8. The first-order chi connectivity index (χ1) is 9.03. The van der Waals surface area contributed by atoms with Gasteiger partial charge in [0.15, 0.2) is 0 Å². The lowest BCUT2D eigenvalue weighted by Gasteiger charge is -2.25. The van der Waals surface area contributed by atoms with Gasteiger partial charge in [-0.1, -0.05) is 0 Å². The Balaban J connectivity index is 2.22. The molecule has 0 amide bonds. The van der Waals surface area contributed by atoms with Gasteiger partial charge >= 0.3 is 0 Å². The summed E-state index contributed by atoms with van der Waals surface area (Å²) in [5.41, 5.74) is 7.08. The minimum Gasteiger partial charge on any atom is -0.397 e. The summed E-state index contributed by atoms with van der Waals surface area (Å²) in [6.45, 7) is 1.43. The van der Waals surface area contributed by atoms with E-state index in [4.69, 9.17) is 10.5 Å². The van der Waals surface area contributed by atoms with Crippen LogP contribution in [0.1, 0.15) is 12.8 Å². The molecule has 0 saturated carbocycles. The molecule has 0 spiro atoms. The van der Waals surface area contributed by atoms with Gasteiger partial charge in [0.25, 0.3) is 0 Å². The summed E-state index contributed by atoms with van der Waals surface area (Å²) < 4.78 is 31.1. The Kier molecular flexibility index (Phi) is 4.28. The number of sulfonamides is 1. The Morgan fingerprint density at radius 3 is 2.63 bits per heavy atom. The molecule has 1 aliphatic rings. The summed E-state index contributed by atoms with van der Waals surface area (Å²) in [7, 11) is -2.06. The number of benzene rings is 1. The van der Waals surface area contributed by atoms with Crippen molar-refractivity contribution in [2.75, 3.05) is 31.3 Å². The third kappa shape index (κ3) is 3.37. The first kappa shape index (κ1) is 14.1. The van der Waals surface area contributed by atoms with Crippen molar-refractivity contribution >= 4 is 21.4 Å². The number of hydrogen-bond donors (Lipinski definition) is 3. The van der Waals surface area contributed by atoms with Crippen molar-refractivity contribution in [3.05, 3.63) is 18.2 Å². The standard InChI is InChI=1S/C12H19N3O3S/c1-14-19(16,17)10-2-3-11(13)12(8-10)15-9-4-6-18-7-5-9/h2-3,8-9,14-15H,4-7,13H2,1H3. The molecule has 4 N–H and O–H groups in total. The maximum atomic E-state index is 11.8. The van der Waals surface area contributed by atoms with E-state index in [1.165, 1.54) is 13.1 Å². The van der Waals surface area contributed by atoms with Gasteiger partial charge in [-0.2, -0.15) is 0 Å². The smallest absolute Gasteiger partial charge is 0.240 e. The van der Waals surface area contributed by atoms with Gasteiger partial charge < -0.3 is 15.8 Å². The molecule has 1 heterocycles. The van der Waals surface area contributed by atoms with Crippen molar-refractivity contribution in [1.82, 2.24) is 4.72 Å². The van der Waals surface area contributed by atoms with E-state index in [-0.39, 0.29) is 10.9 Å². The zero-order valence-electron chi connectivity index (χ0n) is 10.8. The highest BCUT2D eigenvalue weighted by atomic mass is 32.2. The summed E-state index contributed by atoms with van der Waals surface area (Å²) in [5, 5.41) is 3.29. The SMILES string of the molecule is CNS(=O)(=O)c1ccc(N)c(NC2CCOCC2)c1. The summed E-state index contributed by atoms with van der Waals surface area (Å²) in [6, 6.07) is 4.93. The van der Waals surface area contributed by atoms with Crippen molar-refractivity contribution in [3.8, 4) is 0 Å². The van der Waals surface area contributed by atoms with Gasteiger partial charge in [0.2, 0.25) is 10.0 Å². The van der Waals surface area contributed by atoms with Crippen LogP contribution in [0.25, 0.3) is 0 Å². The minimum atomic E-state index is -3.45. The first-order valence-electron chi connectivity index (χ1n) is 6.20. The molecular weight excluding hydrogens is 266 g/mol. The fourth-order valence-corrected chi connectivity index (χ4v) is 2.76. The van der Waals surface area contributed by atoms with Gasteiger partial charge in [0.05, 0.1) is 16.3 Å². The zero-order valence-corrected chi connectivity index (χ0v) is 11.7. The van der Waals surface area contributed by atoms with E-state index in [1.54, 1.807) is 12.1 Å². The number of ether oxygens (including phenoxy) is 1. The Morgan fingerprint density at radius 1 is 1.32 bits per heavy atom. The average molecular weight is 285 g/mol. The third-order valence-corrected chi connectivity index (χ3v) is 4.60. The summed E-state index contributed by atoms with van der Waals surface area (Å²) in [6.07, 6.45) is 1.78. The van der Waals surface area contributed by atoms with Crippen molar-refractivity contribution in [3.63, 3.8) is 0 Å². The normalized spacial score (nSPS) is 17.3. The number of nitrogens with one attached hydrogen (secondary N) is 2. The van der Waals surface area contributed by atoms with E-state index in [0.29, 0.717) is 24.6 Å². The Hall–Kier alpha value is -1.31. The van der Waals surface area contributed by atoms with Crippen LogP contribution in [0.3, 0.4) is 0 Å². The van der Waals surface area contributed by atoms with Crippen LogP contribution in [-0.4, -0.2) is 34.7 Å². The Bertz CT molecular complexity index is 539. The molecule has 0 aliphatic carbocycles. The van der Waals surface area contributed by atoms with Crippen LogP contribution in [0.15, 0.2) is 23.1 Å². The highest BCUT2D eigenvalue weighted by molar-refractivity contribution is 7.89. The Labute approximate surface area is 113 Å². The second kappa shape index (κ2) is 5.77. The zero-order chi connectivity index (χ0) is 13.9. The quantitative estimate of drug-likeness (QED) is 0.710. The molecule has 1 aliphatic heterocycles. The highest BCUT2D eigenvalue weighted by Gasteiger charge is 2.17. The molecule has 1 fully saturated rings. The number of hydrogen-bond acceptors (Lipinski definition) is 5. The molecule has 7 heteroatoms. The molecule has 19 heavy (non-hydrogen) atoms. The van der Waals surface area contributed by atoms with Gasteiger partial charge in [0, 0.05) is 19.3 Å². The van der Waals surface area contributed by atoms with Crippen LogP contribution in [0, 0.1) is 0 Å². The van der Waals surface area contributed by atoms with Crippen molar-refractivity contribution < 1.29 is 13.2 Å². The maximum Gasteiger partial charge on any atom is 0.240 e. The van der Waals surface area contributed by atoms with E-state index < -0.39 is 10.0 Å². The van der Waals surface area contributed by atoms with Crippen LogP contribution in [0.5, 0.6) is 0 Å². The number of nitrogens with two attached hydrogens (primary N) is 1. The molecule has 6 nitrogen and oxygen atoms in total. The predicted octanol–water partition coefficient (Wildman–Crippen LogP) is 0.768. The number of anilines is 2. The average Bonchev–Trinajstić information content (AvgIpc) is 2.42. The van der Waals surface area contributed by atoms with Crippen molar-refractivity contribution in [2.24, 2.45) is 0 Å². The van der Waals surface area contributed by atoms with E-state index >= 15 is 0 Å². The lowest BCUT2D eigenvalue weighted by molar-refractivity contribution is 0.0904.